The molecular formula is C47H25N5O3S. The van der Waals surface area contributed by atoms with Gasteiger partial charge in [0.15, 0.2) is 11.5 Å². The topological polar surface area (TPSA) is 123 Å². The normalized spacial score (nSPS) is 11.3. The molecule has 7 aromatic carbocycles. The maximum atomic E-state index is 11.6. The summed E-state index contributed by atoms with van der Waals surface area (Å²) in [5, 5.41) is 28.4. The molecule has 56 heavy (non-hydrogen) atoms. The number of carbonyl (C=O) groups is 1. The lowest BCUT2D eigenvalue weighted by Crippen LogP contribution is -2.15. The molecule has 0 amide bonds. The van der Waals surface area contributed by atoms with E-state index in [0.29, 0.717) is 11.1 Å². The van der Waals surface area contributed by atoms with E-state index in [1.807, 2.05) is 78.9 Å². The van der Waals surface area contributed by atoms with E-state index >= 15 is 0 Å². The number of para-hydroxylation sites is 2. The Balaban J connectivity index is 1.02. The molecule has 262 valence electrons. The second-order valence-corrected chi connectivity index (χ2v) is 13.5. The standard InChI is InChI=1S/C47H25N5O3S/c48-27-35-24-30(25-36(28-49)44(35)47(53)54)11-10-29-12-14-33(15-13-29)38-21-22-39(46-45(38)50-56-51-46)34-18-23-41-43(26-34)55-42-9-5-4-8-40(42)52(41)37-19-16-32(17-20-37)31-6-2-1-3-7-31/h1-9,12-26H,(H,53,54). The minimum atomic E-state index is -1.33. The number of carboxylic acids is 1. The number of nitriles is 2. The Bertz CT molecular complexity index is 2970. The highest BCUT2D eigenvalue weighted by Crippen LogP contribution is 2.51. The lowest BCUT2D eigenvalue weighted by molar-refractivity contribution is 0.0696. The van der Waals surface area contributed by atoms with Crippen LogP contribution >= 0.6 is 11.7 Å². The van der Waals surface area contributed by atoms with E-state index in [1.54, 1.807) is 0 Å². The van der Waals surface area contributed by atoms with Crippen LogP contribution in [0.25, 0.3) is 44.4 Å². The molecule has 9 rings (SSSR count). The van der Waals surface area contributed by atoms with Crippen molar-refractivity contribution >= 4 is 45.8 Å². The fourth-order valence-corrected chi connectivity index (χ4v) is 7.54. The monoisotopic (exact) mass is 739 g/mol. The summed E-state index contributed by atoms with van der Waals surface area (Å²) in [6, 6.07) is 51.5. The number of carboxylic acid groups (broad SMARTS) is 1. The van der Waals surface area contributed by atoms with Gasteiger partial charge in [0.2, 0.25) is 0 Å². The molecule has 1 aliphatic heterocycles. The molecule has 0 radical (unpaired) electrons. The first kappa shape index (κ1) is 33.8. The third-order valence-electron chi connectivity index (χ3n) is 9.63. The number of aromatic nitrogens is 2. The van der Waals surface area contributed by atoms with Gasteiger partial charge in [0, 0.05) is 27.9 Å². The number of rotatable bonds is 5. The Morgan fingerprint density at radius 2 is 1.16 bits per heavy atom. The lowest BCUT2D eigenvalue weighted by Gasteiger charge is -2.33. The van der Waals surface area contributed by atoms with E-state index in [-0.39, 0.29) is 16.7 Å². The predicted molar refractivity (Wildman–Crippen MR) is 217 cm³/mol. The molecule has 0 unspecified atom stereocenters. The van der Waals surface area contributed by atoms with Gasteiger partial charge in [-0.05, 0) is 82.9 Å². The summed E-state index contributed by atoms with van der Waals surface area (Å²) >= 11 is 1.16. The van der Waals surface area contributed by atoms with Gasteiger partial charge in [0.25, 0.3) is 0 Å². The minimum Gasteiger partial charge on any atom is -0.478 e. The number of fused-ring (bicyclic) bond motifs is 3. The van der Waals surface area contributed by atoms with Crippen molar-refractivity contribution in [2.24, 2.45) is 0 Å². The van der Waals surface area contributed by atoms with Gasteiger partial charge in [-0.1, -0.05) is 96.8 Å². The van der Waals surface area contributed by atoms with Crippen LogP contribution in [0, 0.1) is 34.5 Å². The molecule has 0 saturated carbocycles. The van der Waals surface area contributed by atoms with Crippen LogP contribution in [0.4, 0.5) is 17.1 Å². The number of benzene rings is 7. The van der Waals surface area contributed by atoms with Gasteiger partial charge in [-0.3, -0.25) is 0 Å². The van der Waals surface area contributed by atoms with Gasteiger partial charge in [-0.15, -0.1) is 0 Å². The van der Waals surface area contributed by atoms with Crippen molar-refractivity contribution in [3.8, 4) is 68.9 Å². The molecule has 1 aromatic heterocycles. The maximum Gasteiger partial charge on any atom is 0.338 e. The fraction of sp³-hybridized carbons (Fsp3) is 0. The Kier molecular flexibility index (Phi) is 8.49. The van der Waals surface area contributed by atoms with Crippen molar-refractivity contribution in [1.82, 2.24) is 8.75 Å². The highest BCUT2D eigenvalue weighted by molar-refractivity contribution is 7.00. The van der Waals surface area contributed by atoms with Crippen molar-refractivity contribution in [3.05, 3.63) is 173 Å². The molecule has 0 spiro atoms. The molecule has 1 N–H and O–H groups in total. The summed E-state index contributed by atoms with van der Waals surface area (Å²) in [6.45, 7) is 0. The minimum absolute atomic E-state index is 0.110. The van der Waals surface area contributed by atoms with Gasteiger partial charge in [-0.25, -0.2) is 4.79 Å². The summed E-state index contributed by atoms with van der Waals surface area (Å²) in [5.41, 5.74) is 11.1. The number of anilines is 3. The van der Waals surface area contributed by atoms with Crippen LogP contribution in [0.15, 0.2) is 146 Å². The van der Waals surface area contributed by atoms with Crippen LogP contribution in [0.2, 0.25) is 0 Å². The molecule has 1 aliphatic rings. The Labute approximate surface area is 325 Å². The van der Waals surface area contributed by atoms with E-state index in [4.69, 9.17) is 13.5 Å². The molecule has 0 saturated heterocycles. The number of nitrogens with zero attached hydrogens (tertiary/aromatic N) is 5. The van der Waals surface area contributed by atoms with Crippen LogP contribution < -0.4 is 9.64 Å². The highest BCUT2D eigenvalue weighted by atomic mass is 32.1. The van der Waals surface area contributed by atoms with Gasteiger partial charge < -0.3 is 14.7 Å². The van der Waals surface area contributed by atoms with E-state index < -0.39 is 5.97 Å². The van der Waals surface area contributed by atoms with E-state index in [2.05, 4.69) is 83.5 Å². The van der Waals surface area contributed by atoms with Gasteiger partial charge >= 0.3 is 5.97 Å². The van der Waals surface area contributed by atoms with Crippen LogP contribution in [0.1, 0.15) is 32.6 Å². The molecular weight excluding hydrogens is 715 g/mol. The molecule has 0 bridgehead atoms. The molecule has 0 fully saturated rings. The average Bonchev–Trinajstić information content (AvgIpc) is 3.75. The van der Waals surface area contributed by atoms with E-state index in [0.717, 1.165) is 79.1 Å². The number of hydrogen-bond donors (Lipinski definition) is 1. The average molecular weight is 740 g/mol. The molecule has 8 nitrogen and oxygen atoms in total. The van der Waals surface area contributed by atoms with Crippen molar-refractivity contribution < 1.29 is 14.6 Å². The van der Waals surface area contributed by atoms with Crippen molar-refractivity contribution in [3.63, 3.8) is 0 Å². The third-order valence-corrected chi connectivity index (χ3v) is 10.2. The number of hydrogen-bond acceptors (Lipinski definition) is 8. The number of ether oxygens (including phenoxy) is 1. The summed E-state index contributed by atoms with van der Waals surface area (Å²) in [5.74, 6) is 6.17. The first-order chi connectivity index (χ1) is 27.5. The zero-order chi connectivity index (χ0) is 38.2. The van der Waals surface area contributed by atoms with Crippen LogP contribution in [0.3, 0.4) is 0 Å². The van der Waals surface area contributed by atoms with Crippen molar-refractivity contribution in [2.45, 2.75) is 0 Å². The second kappa shape index (κ2) is 14.1. The SMILES string of the molecule is N#Cc1cc(C#Cc2ccc(-c3ccc(-c4ccc5c(c4)Oc4ccccc4N5c4ccc(-c5ccccc5)cc4)c4nsnc34)cc2)cc(C#N)c1C(=O)O. The predicted octanol–water partition coefficient (Wildman–Crippen LogP) is 11.1. The highest BCUT2D eigenvalue weighted by Gasteiger charge is 2.27. The third kappa shape index (κ3) is 6.05. The summed E-state index contributed by atoms with van der Waals surface area (Å²) in [7, 11) is 0. The van der Waals surface area contributed by atoms with Crippen LogP contribution in [0.5, 0.6) is 11.5 Å². The maximum absolute atomic E-state index is 11.6. The largest absolute Gasteiger partial charge is 0.478 e. The first-order valence-corrected chi connectivity index (χ1v) is 18.2. The molecule has 0 aliphatic carbocycles. The molecule has 8 aromatic rings. The van der Waals surface area contributed by atoms with Crippen molar-refractivity contribution in [1.29, 1.82) is 10.5 Å². The Morgan fingerprint density at radius 3 is 1.84 bits per heavy atom. The fourth-order valence-electron chi connectivity index (χ4n) is 6.97. The smallest absolute Gasteiger partial charge is 0.338 e. The van der Waals surface area contributed by atoms with E-state index in [9.17, 15) is 20.4 Å². The van der Waals surface area contributed by atoms with E-state index in [1.165, 1.54) is 17.7 Å². The first-order valence-electron chi connectivity index (χ1n) is 17.5. The summed E-state index contributed by atoms with van der Waals surface area (Å²) < 4.78 is 16.0. The van der Waals surface area contributed by atoms with Crippen LogP contribution in [-0.4, -0.2) is 19.8 Å². The van der Waals surface area contributed by atoms with Gasteiger partial charge in [0.1, 0.15) is 23.2 Å². The Hall–Kier alpha value is -8.03. The molecule has 0 atom stereocenters. The number of aromatic carboxylic acids is 1. The van der Waals surface area contributed by atoms with Crippen LogP contribution in [-0.2, 0) is 0 Å². The van der Waals surface area contributed by atoms with Crippen molar-refractivity contribution in [2.75, 3.05) is 4.90 Å². The zero-order valence-corrected chi connectivity index (χ0v) is 30.1. The molecule has 2 heterocycles. The second-order valence-electron chi connectivity index (χ2n) is 12.9. The van der Waals surface area contributed by atoms with Gasteiger partial charge in [0.05, 0.1) is 39.8 Å². The Morgan fingerprint density at radius 1 is 0.589 bits per heavy atom. The van der Waals surface area contributed by atoms with Gasteiger partial charge in [-0.2, -0.15) is 19.3 Å². The summed E-state index contributed by atoms with van der Waals surface area (Å²) in [4.78, 5) is 13.8. The summed E-state index contributed by atoms with van der Waals surface area (Å²) in [6.07, 6.45) is 0. The lowest BCUT2D eigenvalue weighted by atomic mass is 9.96. The quantitative estimate of drug-likeness (QED) is 0.173. The zero-order valence-electron chi connectivity index (χ0n) is 29.3. The molecule has 9 heteroatoms.